The molecule has 2 aromatic carbocycles. The Morgan fingerprint density at radius 3 is 2.68 bits per heavy atom. The summed E-state index contributed by atoms with van der Waals surface area (Å²) < 4.78 is 29.9. The summed E-state index contributed by atoms with van der Waals surface area (Å²) in [6.45, 7) is 1.68. The molecule has 2 atom stereocenters. The highest BCUT2D eigenvalue weighted by atomic mass is 19.1. The Morgan fingerprint density at radius 2 is 1.92 bits per heavy atom. The summed E-state index contributed by atoms with van der Waals surface area (Å²) in [6, 6.07) is 13.3. The Morgan fingerprint density at radius 1 is 1.20 bits per heavy atom. The normalized spacial score (nSPS) is 17.4. The van der Waals surface area contributed by atoms with E-state index in [1.54, 1.807) is 0 Å². The molecule has 0 radical (unpaired) electrons. The molecule has 0 saturated heterocycles. The van der Waals surface area contributed by atoms with Gasteiger partial charge in [-0.25, -0.2) is 4.39 Å². The molecule has 3 rings (SSSR count). The minimum Gasteiger partial charge on any atom is -0.491 e. The van der Waals surface area contributed by atoms with Crippen molar-refractivity contribution in [1.29, 1.82) is 0 Å². The molecule has 0 aliphatic carbocycles. The van der Waals surface area contributed by atoms with Crippen molar-refractivity contribution in [3.8, 4) is 17.2 Å². The minimum absolute atomic E-state index is 0.0925. The Hall–Kier alpha value is -2.31. The number of nitrogens with zero attached hydrogens (tertiary/aromatic N) is 1. The van der Waals surface area contributed by atoms with Gasteiger partial charge in [0.1, 0.15) is 37.0 Å². The van der Waals surface area contributed by atoms with Gasteiger partial charge in [0.05, 0.1) is 0 Å². The third kappa shape index (κ3) is 5.08. The van der Waals surface area contributed by atoms with E-state index < -0.39 is 6.10 Å². The number of benzene rings is 2. The second kappa shape index (κ2) is 8.18. The number of fused-ring (bicyclic) bond motifs is 1. The molecule has 0 fully saturated rings. The third-order valence-electron chi connectivity index (χ3n) is 3.86. The first-order chi connectivity index (χ1) is 12.1. The molecule has 5 nitrogen and oxygen atoms in total. The number of rotatable bonds is 7. The first kappa shape index (κ1) is 17.5. The fraction of sp³-hybridized carbons (Fsp3) is 0.368. The predicted molar refractivity (Wildman–Crippen MR) is 91.8 cm³/mol. The van der Waals surface area contributed by atoms with E-state index in [0.29, 0.717) is 25.4 Å². The van der Waals surface area contributed by atoms with Crippen LogP contribution in [0, 0.1) is 5.82 Å². The topological polar surface area (TPSA) is 51.2 Å². The molecule has 2 unspecified atom stereocenters. The van der Waals surface area contributed by atoms with Gasteiger partial charge < -0.3 is 19.3 Å². The van der Waals surface area contributed by atoms with E-state index in [1.165, 1.54) is 24.3 Å². The van der Waals surface area contributed by atoms with E-state index in [0.717, 1.165) is 11.5 Å². The standard InChI is InChI=1S/C19H22FNO4/c1-21(10-15(22)12-23-16-8-6-14(20)7-9-16)11-17-13-24-18-4-2-3-5-19(18)25-17/h2-9,15,17,22H,10-13H2,1H3. The van der Waals surface area contributed by atoms with Crippen molar-refractivity contribution >= 4 is 0 Å². The van der Waals surface area contributed by atoms with E-state index in [2.05, 4.69) is 0 Å². The second-order valence-corrected chi connectivity index (χ2v) is 6.14. The maximum atomic E-state index is 12.8. The zero-order valence-corrected chi connectivity index (χ0v) is 14.1. The number of halogens is 1. The quantitative estimate of drug-likeness (QED) is 0.833. The second-order valence-electron chi connectivity index (χ2n) is 6.14. The number of aliphatic hydroxyl groups excluding tert-OH is 1. The lowest BCUT2D eigenvalue weighted by atomic mass is 10.2. The molecule has 134 valence electrons. The molecule has 0 amide bonds. The van der Waals surface area contributed by atoms with Crippen LogP contribution in [0.1, 0.15) is 0 Å². The van der Waals surface area contributed by atoms with Gasteiger partial charge in [0.25, 0.3) is 0 Å². The van der Waals surface area contributed by atoms with E-state index >= 15 is 0 Å². The Balaban J connectivity index is 1.41. The number of hydrogen-bond donors (Lipinski definition) is 1. The lowest BCUT2D eigenvalue weighted by Crippen LogP contribution is -2.42. The smallest absolute Gasteiger partial charge is 0.161 e. The monoisotopic (exact) mass is 347 g/mol. The van der Waals surface area contributed by atoms with Gasteiger partial charge in [0, 0.05) is 13.1 Å². The van der Waals surface area contributed by atoms with Crippen LogP contribution in [0.4, 0.5) is 4.39 Å². The molecule has 1 aliphatic heterocycles. The average Bonchev–Trinajstić information content (AvgIpc) is 2.61. The van der Waals surface area contributed by atoms with Crippen molar-refractivity contribution in [2.45, 2.75) is 12.2 Å². The summed E-state index contributed by atoms with van der Waals surface area (Å²) >= 11 is 0. The van der Waals surface area contributed by atoms with Crippen LogP contribution in [-0.2, 0) is 0 Å². The van der Waals surface area contributed by atoms with Crippen molar-refractivity contribution in [3.05, 3.63) is 54.3 Å². The zero-order chi connectivity index (χ0) is 17.6. The fourth-order valence-corrected chi connectivity index (χ4v) is 2.71. The van der Waals surface area contributed by atoms with E-state index in [4.69, 9.17) is 14.2 Å². The van der Waals surface area contributed by atoms with Crippen LogP contribution in [0.2, 0.25) is 0 Å². The first-order valence-electron chi connectivity index (χ1n) is 8.23. The van der Waals surface area contributed by atoms with Gasteiger partial charge >= 0.3 is 0 Å². The largest absolute Gasteiger partial charge is 0.491 e. The number of likely N-dealkylation sites (N-methyl/N-ethyl adjacent to an activating group) is 1. The van der Waals surface area contributed by atoms with Crippen LogP contribution in [0.3, 0.4) is 0 Å². The summed E-state index contributed by atoms with van der Waals surface area (Å²) in [6.07, 6.45) is -0.753. The van der Waals surface area contributed by atoms with Crippen LogP contribution >= 0.6 is 0 Å². The molecule has 0 saturated carbocycles. The molecule has 2 aromatic rings. The molecule has 1 heterocycles. The number of ether oxygens (including phenoxy) is 3. The zero-order valence-electron chi connectivity index (χ0n) is 14.1. The molecular formula is C19H22FNO4. The van der Waals surface area contributed by atoms with Crippen molar-refractivity contribution in [3.63, 3.8) is 0 Å². The molecular weight excluding hydrogens is 325 g/mol. The molecule has 6 heteroatoms. The van der Waals surface area contributed by atoms with Gasteiger partial charge in [-0.3, -0.25) is 4.90 Å². The Labute approximate surface area is 146 Å². The van der Waals surface area contributed by atoms with Crippen molar-refractivity contribution in [2.75, 3.05) is 33.4 Å². The van der Waals surface area contributed by atoms with E-state index in [9.17, 15) is 9.50 Å². The van der Waals surface area contributed by atoms with Crippen molar-refractivity contribution in [1.82, 2.24) is 4.90 Å². The maximum Gasteiger partial charge on any atom is 0.161 e. The van der Waals surface area contributed by atoms with Crippen LogP contribution in [-0.4, -0.2) is 55.6 Å². The lowest BCUT2D eigenvalue weighted by Gasteiger charge is -2.30. The van der Waals surface area contributed by atoms with Gasteiger partial charge in [-0.05, 0) is 43.4 Å². The highest BCUT2D eigenvalue weighted by Gasteiger charge is 2.22. The molecule has 0 aromatic heterocycles. The average molecular weight is 347 g/mol. The van der Waals surface area contributed by atoms with Gasteiger partial charge in [-0.15, -0.1) is 0 Å². The summed E-state index contributed by atoms with van der Waals surface area (Å²) in [4.78, 5) is 1.97. The van der Waals surface area contributed by atoms with Crippen LogP contribution in [0.15, 0.2) is 48.5 Å². The third-order valence-corrected chi connectivity index (χ3v) is 3.86. The molecule has 1 aliphatic rings. The van der Waals surface area contributed by atoms with Crippen LogP contribution < -0.4 is 14.2 Å². The molecule has 25 heavy (non-hydrogen) atoms. The fourth-order valence-electron chi connectivity index (χ4n) is 2.71. The Bertz CT molecular complexity index is 679. The number of hydrogen-bond acceptors (Lipinski definition) is 5. The minimum atomic E-state index is -0.660. The summed E-state index contributed by atoms with van der Waals surface area (Å²) in [5.74, 6) is 1.72. The van der Waals surface area contributed by atoms with E-state index in [1.807, 2.05) is 36.2 Å². The van der Waals surface area contributed by atoms with Gasteiger partial charge in [0.2, 0.25) is 0 Å². The van der Waals surface area contributed by atoms with Gasteiger partial charge in [-0.1, -0.05) is 12.1 Å². The summed E-state index contributed by atoms with van der Waals surface area (Å²) in [5.41, 5.74) is 0. The number of aliphatic hydroxyl groups is 1. The predicted octanol–water partition coefficient (Wildman–Crippen LogP) is 2.34. The summed E-state index contributed by atoms with van der Waals surface area (Å²) in [5, 5.41) is 10.1. The van der Waals surface area contributed by atoms with Gasteiger partial charge in [0.15, 0.2) is 11.5 Å². The van der Waals surface area contributed by atoms with Crippen molar-refractivity contribution < 1.29 is 23.7 Å². The lowest BCUT2D eigenvalue weighted by molar-refractivity contribution is 0.0374. The molecule has 0 spiro atoms. The highest BCUT2D eigenvalue weighted by Crippen LogP contribution is 2.30. The van der Waals surface area contributed by atoms with Gasteiger partial charge in [-0.2, -0.15) is 0 Å². The highest BCUT2D eigenvalue weighted by molar-refractivity contribution is 5.40. The van der Waals surface area contributed by atoms with Crippen molar-refractivity contribution in [2.24, 2.45) is 0 Å². The summed E-state index contributed by atoms with van der Waals surface area (Å²) in [7, 11) is 1.91. The van der Waals surface area contributed by atoms with E-state index in [-0.39, 0.29) is 18.5 Å². The number of para-hydroxylation sites is 2. The Kier molecular flexibility index (Phi) is 5.73. The maximum absolute atomic E-state index is 12.8. The molecule has 0 bridgehead atoms. The van der Waals surface area contributed by atoms with Crippen LogP contribution in [0.25, 0.3) is 0 Å². The van der Waals surface area contributed by atoms with Crippen LogP contribution in [0.5, 0.6) is 17.2 Å². The molecule has 1 N–H and O–H groups in total. The first-order valence-corrected chi connectivity index (χ1v) is 8.23. The SMILES string of the molecule is CN(CC(O)COc1ccc(F)cc1)CC1COc2ccccc2O1.